The summed E-state index contributed by atoms with van der Waals surface area (Å²) in [6.45, 7) is 0. The highest BCUT2D eigenvalue weighted by Gasteiger charge is 2.24. The van der Waals surface area contributed by atoms with E-state index in [-0.39, 0.29) is 0 Å². The Morgan fingerprint density at radius 2 is 0.931 bits per heavy atom. The average molecular weight is 754 g/mol. The van der Waals surface area contributed by atoms with Crippen LogP contribution in [0, 0.1) is 0 Å². The van der Waals surface area contributed by atoms with E-state index in [2.05, 4.69) is 193 Å². The van der Waals surface area contributed by atoms with E-state index in [1.54, 1.807) is 0 Å². The summed E-state index contributed by atoms with van der Waals surface area (Å²) in [6, 6.07) is 68.2. The lowest BCUT2D eigenvalue weighted by molar-refractivity contribution is 1.01. The molecule has 0 aliphatic rings. The molecule has 0 aliphatic heterocycles. The summed E-state index contributed by atoms with van der Waals surface area (Å²) in [5.74, 6) is 0.660. The molecule has 0 bridgehead atoms. The number of hydrogen-bond acceptors (Lipinski definition) is 3. The van der Waals surface area contributed by atoms with Crippen molar-refractivity contribution in [2.45, 2.75) is 0 Å². The second-order valence-electron chi connectivity index (χ2n) is 15.3. The molecular weight excluding hydrogens is 723 g/mol. The summed E-state index contributed by atoms with van der Waals surface area (Å²) in [5.41, 5.74) is 9.70. The van der Waals surface area contributed by atoms with Crippen molar-refractivity contribution in [3.8, 4) is 39.5 Å². The van der Waals surface area contributed by atoms with Crippen LogP contribution in [0.1, 0.15) is 0 Å². The Labute approximate surface area is 337 Å². The van der Waals surface area contributed by atoms with Gasteiger partial charge < -0.3 is 0 Å². The Morgan fingerprint density at radius 3 is 1.67 bits per heavy atom. The minimum absolute atomic E-state index is 0.660. The lowest BCUT2D eigenvalue weighted by Gasteiger charge is -2.16. The Bertz CT molecular complexity index is 3730. The van der Waals surface area contributed by atoms with Gasteiger partial charge in [-0.15, -0.1) is 11.3 Å². The number of fused-ring (bicyclic) bond motifs is 6. The van der Waals surface area contributed by atoms with Crippen LogP contribution in [0.4, 0.5) is 0 Å². The van der Waals surface area contributed by atoms with Crippen LogP contribution in [0.5, 0.6) is 0 Å². The third-order valence-corrected chi connectivity index (χ3v) is 13.2. The molecule has 58 heavy (non-hydrogen) atoms. The van der Waals surface area contributed by atoms with Crippen LogP contribution in [-0.2, 0) is 0 Å². The number of aromatic nitrogens is 3. The van der Waals surface area contributed by atoms with Gasteiger partial charge in [-0.25, -0.2) is 9.97 Å². The van der Waals surface area contributed by atoms with Gasteiger partial charge in [0.15, 0.2) is 0 Å². The van der Waals surface area contributed by atoms with E-state index in [1.165, 1.54) is 52.5 Å². The second kappa shape index (κ2) is 12.1. The zero-order valence-corrected chi connectivity index (χ0v) is 32.0. The van der Waals surface area contributed by atoms with Gasteiger partial charge in [0.2, 0.25) is 5.95 Å². The van der Waals surface area contributed by atoms with Crippen LogP contribution in [0.3, 0.4) is 0 Å². The lowest BCUT2D eigenvalue weighted by Crippen LogP contribution is -2.04. The van der Waals surface area contributed by atoms with Gasteiger partial charge in [-0.3, -0.25) is 4.57 Å². The molecule has 0 N–H and O–H groups in total. The van der Waals surface area contributed by atoms with Gasteiger partial charge in [0.25, 0.3) is 0 Å². The van der Waals surface area contributed by atoms with Gasteiger partial charge in [-0.05, 0) is 103 Å². The van der Waals surface area contributed by atoms with E-state index in [1.807, 2.05) is 11.3 Å². The number of rotatable bonds is 4. The lowest BCUT2D eigenvalue weighted by atomic mass is 9.93. The maximum Gasteiger partial charge on any atom is 0.235 e. The fourth-order valence-electron chi connectivity index (χ4n) is 9.63. The van der Waals surface area contributed by atoms with Crippen molar-refractivity contribution in [2.24, 2.45) is 0 Å². The second-order valence-corrected chi connectivity index (χ2v) is 16.4. The third-order valence-electron chi connectivity index (χ3n) is 12.1. The summed E-state index contributed by atoms with van der Waals surface area (Å²) < 4.78 is 4.92. The molecule has 0 spiro atoms. The van der Waals surface area contributed by atoms with Gasteiger partial charge in [0.05, 0.1) is 22.2 Å². The van der Waals surface area contributed by atoms with E-state index in [9.17, 15) is 0 Å². The van der Waals surface area contributed by atoms with Crippen LogP contribution in [0.2, 0.25) is 0 Å². The highest BCUT2D eigenvalue weighted by atomic mass is 32.1. The monoisotopic (exact) mass is 753 g/mol. The van der Waals surface area contributed by atoms with Crippen LogP contribution in [0.25, 0.3) is 125 Å². The zero-order valence-electron chi connectivity index (χ0n) is 31.1. The van der Waals surface area contributed by atoms with Gasteiger partial charge in [0.1, 0.15) is 0 Å². The number of hydrogen-bond donors (Lipinski definition) is 0. The molecule has 13 rings (SSSR count). The maximum absolute atomic E-state index is 5.73. The van der Waals surface area contributed by atoms with Crippen LogP contribution < -0.4 is 0 Å². The van der Waals surface area contributed by atoms with Crippen molar-refractivity contribution in [1.82, 2.24) is 14.5 Å². The normalized spacial score (nSPS) is 12.1. The molecule has 0 aliphatic carbocycles. The van der Waals surface area contributed by atoms with Gasteiger partial charge in [0, 0.05) is 41.9 Å². The zero-order chi connectivity index (χ0) is 37.9. The number of thiophene rings is 1. The third kappa shape index (κ3) is 4.49. The molecule has 268 valence electrons. The largest absolute Gasteiger partial charge is 0.278 e. The molecular formula is C54H31N3S. The Kier molecular flexibility index (Phi) is 6.60. The fraction of sp³-hybridized carbons (Fsp3) is 0. The predicted molar refractivity (Wildman–Crippen MR) is 247 cm³/mol. The number of nitrogens with zero attached hydrogens (tertiary/aromatic N) is 3. The van der Waals surface area contributed by atoms with E-state index < -0.39 is 0 Å². The SMILES string of the molecule is c1ccc(-c2cc(-c3ccccc3)cc(-c3nc(-n4c5cccc6c7ccccc7c7cccc8sc9ccc4c(c9c87)c65)nc4ccc5ccccc5c34)c2)cc1. The number of benzene rings is 9. The van der Waals surface area contributed by atoms with Crippen LogP contribution >= 0.6 is 11.3 Å². The Morgan fingerprint density at radius 1 is 0.345 bits per heavy atom. The van der Waals surface area contributed by atoms with Crippen LogP contribution in [0.15, 0.2) is 188 Å². The molecule has 13 aromatic rings. The first-order chi connectivity index (χ1) is 28.8. The molecule has 0 fully saturated rings. The molecule has 3 aromatic heterocycles. The van der Waals surface area contributed by atoms with Gasteiger partial charge in [-0.1, -0.05) is 140 Å². The fourth-order valence-corrected chi connectivity index (χ4v) is 10.8. The van der Waals surface area contributed by atoms with Gasteiger partial charge in [-0.2, -0.15) is 0 Å². The summed E-state index contributed by atoms with van der Waals surface area (Å²) in [6.07, 6.45) is 0. The summed E-state index contributed by atoms with van der Waals surface area (Å²) >= 11 is 1.88. The molecule has 0 atom stereocenters. The van der Waals surface area contributed by atoms with Gasteiger partial charge >= 0.3 is 0 Å². The first-order valence-corrected chi connectivity index (χ1v) is 20.6. The summed E-state index contributed by atoms with van der Waals surface area (Å²) in [7, 11) is 0. The summed E-state index contributed by atoms with van der Waals surface area (Å²) in [4.78, 5) is 11.2. The molecule has 3 nitrogen and oxygen atoms in total. The molecule has 3 heterocycles. The smallest absolute Gasteiger partial charge is 0.235 e. The molecule has 0 radical (unpaired) electrons. The van der Waals surface area contributed by atoms with Crippen molar-refractivity contribution < 1.29 is 0 Å². The predicted octanol–water partition coefficient (Wildman–Crippen LogP) is 15.0. The van der Waals surface area contributed by atoms with Crippen molar-refractivity contribution in [3.63, 3.8) is 0 Å². The van der Waals surface area contributed by atoms with E-state index in [4.69, 9.17) is 9.97 Å². The highest BCUT2D eigenvalue weighted by Crippen LogP contribution is 2.49. The molecule has 0 amide bonds. The van der Waals surface area contributed by atoms with E-state index in [0.717, 1.165) is 66.2 Å². The minimum Gasteiger partial charge on any atom is -0.278 e. The maximum atomic E-state index is 5.73. The van der Waals surface area contributed by atoms with Crippen molar-refractivity contribution >= 4 is 96.5 Å². The standard InChI is InChI=1S/C54H31N3S/c1-3-13-32(14-4-1)35-29-36(33-15-5-2-6-16-33)31-37(30-35)53-48-38-18-8-7-17-34(38)25-26-43(48)55-54(56-53)57-44-23-11-21-41-39-19-9-10-20-40(39)42-22-12-24-46-50(42)52-47(58-46)28-27-45(57)51(52)49(41)44/h1-31H. The van der Waals surface area contributed by atoms with Crippen molar-refractivity contribution in [2.75, 3.05) is 0 Å². The summed E-state index contributed by atoms with van der Waals surface area (Å²) in [5, 5.41) is 13.5. The molecule has 4 heteroatoms. The topological polar surface area (TPSA) is 30.7 Å². The quantitative estimate of drug-likeness (QED) is 0.168. The molecule has 0 saturated carbocycles. The molecule has 0 unspecified atom stereocenters. The first kappa shape index (κ1) is 31.8. The minimum atomic E-state index is 0.660. The Balaban J connectivity index is 1.20. The average Bonchev–Trinajstić information content (AvgIpc) is 3.84. The Hall–Kier alpha value is -7.40. The first-order valence-electron chi connectivity index (χ1n) is 19.7. The van der Waals surface area contributed by atoms with Crippen molar-refractivity contribution in [3.05, 3.63) is 188 Å². The van der Waals surface area contributed by atoms with Crippen molar-refractivity contribution in [1.29, 1.82) is 0 Å². The molecule has 10 aromatic carbocycles. The van der Waals surface area contributed by atoms with E-state index >= 15 is 0 Å². The van der Waals surface area contributed by atoms with Crippen LogP contribution in [-0.4, -0.2) is 14.5 Å². The highest BCUT2D eigenvalue weighted by molar-refractivity contribution is 7.26. The molecule has 0 saturated heterocycles. The van der Waals surface area contributed by atoms with E-state index in [0.29, 0.717) is 5.95 Å².